The minimum absolute atomic E-state index is 0.225. The Bertz CT molecular complexity index is 584. The lowest BCUT2D eigenvalue weighted by Crippen LogP contribution is -2.31. The fraction of sp³-hybridized carbons (Fsp3) is 0.571. The van der Waals surface area contributed by atoms with Crippen LogP contribution in [0.1, 0.15) is 37.7 Å². The zero-order chi connectivity index (χ0) is 13.5. The van der Waals surface area contributed by atoms with Crippen LogP contribution in [0.4, 0.5) is 11.4 Å². The van der Waals surface area contributed by atoms with Crippen molar-refractivity contribution in [2.45, 2.75) is 37.5 Å². The lowest BCUT2D eigenvalue weighted by atomic mass is 9.71. The largest absolute Gasteiger partial charge is 0.384 e. The summed E-state index contributed by atoms with van der Waals surface area (Å²) in [5, 5.41) is 3.47. The molecule has 104 valence electrons. The highest BCUT2D eigenvalue weighted by molar-refractivity contribution is 7.92. The van der Waals surface area contributed by atoms with E-state index in [0.717, 1.165) is 6.54 Å². The smallest absolute Gasteiger partial charge is 0.229 e. The summed E-state index contributed by atoms with van der Waals surface area (Å²) >= 11 is 0. The van der Waals surface area contributed by atoms with Crippen molar-refractivity contribution in [3.8, 4) is 0 Å². The molecule has 4 nitrogen and oxygen atoms in total. The highest BCUT2D eigenvalue weighted by Gasteiger charge is 2.39. The van der Waals surface area contributed by atoms with Gasteiger partial charge >= 0.3 is 0 Å². The van der Waals surface area contributed by atoms with Crippen LogP contribution in [-0.2, 0) is 15.4 Å². The van der Waals surface area contributed by atoms with Gasteiger partial charge in [0.05, 0.1) is 6.26 Å². The molecule has 0 bridgehead atoms. The molecule has 1 aliphatic heterocycles. The van der Waals surface area contributed by atoms with Gasteiger partial charge in [-0.15, -0.1) is 0 Å². The van der Waals surface area contributed by atoms with Crippen molar-refractivity contribution < 1.29 is 8.42 Å². The number of hydrogen-bond acceptors (Lipinski definition) is 3. The van der Waals surface area contributed by atoms with E-state index >= 15 is 0 Å². The van der Waals surface area contributed by atoms with Crippen molar-refractivity contribution in [3.05, 3.63) is 23.8 Å². The molecule has 1 saturated carbocycles. The molecule has 5 heteroatoms. The lowest BCUT2D eigenvalue weighted by molar-refractivity contribution is 0.319. The third-order valence-corrected chi connectivity index (χ3v) is 4.93. The fourth-order valence-electron chi connectivity index (χ4n) is 3.45. The van der Waals surface area contributed by atoms with Crippen LogP contribution in [-0.4, -0.2) is 21.2 Å². The van der Waals surface area contributed by atoms with Gasteiger partial charge in [0.1, 0.15) is 0 Å². The summed E-state index contributed by atoms with van der Waals surface area (Å²) in [5.41, 5.74) is 3.36. The number of fused-ring (bicyclic) bond motifs is 2. The molecule has 1 aromatic carbocycles. The van der Waals surface area contributed by atoms with Crippen LogP contribution < -0.4 is 10.0 Å². The van der Waals surface area contributed by atoms with E-state index in [-0.39, 0.29) is 5.41 Å². The molecule has 2 N–H and O–H groups in total. The Morgan fingerprint density at radius 1 is 1.21 bits per heavy atom. The van der Waals surface area contributed by atoms with Gasteiger partial charge < -0.3 is 5.32 Å². The first-order chi connectivity index (χ1) is 8.99. The Kier molecular flexibility index (Phi) is 2.96. The Labute approximate surface area is 114 Å². The molecule has 0 atom stereocenters. The zero-order valence-electron chi connectivity index (χ0n) is 11.2. The second-order valence-electron chi connectivity index (χ2n) is 5.83. The highest BCUT2D eigenvalue weighted by atomic mass is 32.2. The predicted octanol–water partition coefficient (Wildman–Crippen LogP) is 2.69. The SMILES string of the molecule is CS(=O)(=O)Nc1ccc2c(c1)C1(CCCCC1)CN2. The van der Waals surface area contributed by atoms with Gasteiger partial charge in [-0.05, 0) is 36.6 Å². The number of nitrogens with one attached hydrogen (secondary N) is 2. The van der Waals surface area contributed by atoms with E-state index in [4.69, 9.17) is 0 Å². The number of hydrogen-bond donors (Lipinski definition) is 2. The van der Waals surface area contributed by atoms with Crippen LogP contribution in [0.25, 0.3) is 0 Å². The van der Waals surface area contributed by atoms with Crippen LogP contribution in [0.3, 0.4) is 0 Å². The van der Waals surface area contributed by atoms with E-state index in [1.807, 2.05) is 18.2 Å². The molecule has 0 aromatic heterocycles. The van der Waals surface area contributed by atoms with Gasteiger partial charge in [0, 0.05) is 23.3 Å². The third-order valence-electron chi connectivity index (χ3n) is 4.32. The van der Waals surface area contributed by atoms with Gasteiger partial charge in [0.2, 0.25) is 10.0 Å². The van der Waals surface area contributed by atoms with Gasteiger partial charge in [-0.3, -0.25) is 4.72 Å². The van der Waals surface area contributed by atoms with Crippen LogP contribution in [0, 0.1) is 0 Å². The zero-order valence-corrected chi connectivity index (χ0v) is 12.0. The van der Waals surface area contributed by atoms with E-state index in [9.17, 15) is 8.42 Å². The number of benzene rings is 1. The summed E-state index contributed by atoms with van der Waals surface area (Å²) in [7, 11) is -3.21. The summed E-state index contributed by atoms with van der Waals surface area (Å²) in [6.45, 7) is 0.991. The molecule has 19 heavy (non-hydrogen) atoms. The van der Waals surface area contributed by atoms with E-state index in [0.29, 0.717) is 5.69 Å². The molecule has 1 fully saturated rings. The monoisotopic (exact) mass is 280 g/mol. The average Bonchev–Trinajstić information content (AvgIpc) is 2.67. The molecule has 0 amide bonds. The van der Waals surface area contributed by atoms with Crippen LogP contribution in [0.2, 0.25) is 0 Å². The molecule has 0 radical (unpaired) electrons. The fourth-order valence-corrected chi connectivity index (χ4v) is 4.00. The first-order valence-corrected chi connectivity index (χ1v) is 8.74. The van der Waals surface area contributed by atoms with Crippen LogP contribution >= 0.6 is 0 Å². The van der Waals surface area contributed by atoms with Crippen molar-refractivity contribution in [2.75, 3.05) is 22.8 Å². The summed E-state index contributed by atoms with van der Waals surface area (Å²) in [5.74, 6) is 0. The molecule has 1 aromatic rings. The van der Waals surface area contributed by atoms with Gasteiger partial charge in [0.25, 0.3) is 0 Å². The molecular formula is C14H20N2O2S. The number of sulfonamides is 1. The van der Waals surface area contributed by atoms with Crippen molar-refractivity contribution in [1.82, 2.24) is 0 Å². The summed E-state index contributed by atoms with van der Waals surface area (Å²) in [4.78, 5) is 0. The van der Waals surface area contributed by atoms with Crippen LogP contribution in [0.5, 0.6) is 0 Å². The van der Waals surface area contributed by atoms with E-state index in [1.54, 1.807) is 0 Å². The topological polar surface area (TPSA) is 58.2 Å². The first-order valence-electron chi connectivity index (χ1n) is 6.85. The van der Waals surface area contributed by atoms with Crippen molar-refractivity contribution >= 4 is 21.4 Å². The first kappa shape index (κ1) is 12.8. The quantitative estimate of drug-likeness (QED) is 0.875. The molecule has 1 spiro atoms. The normalized spacial score (nSPS) is 20.9. The predicted molar refractivity (Wildman–Crippen MR) is 78.2 cm³/mol. The lowest BCUT2D eigenvalue weighted by Gasteiger charge is -2.33. The third kappa shape index (κ3) is 2.43. The van der Waals surface area contributed by atoms with E-state index in [2.05, 4.69) is 10.0 Å². The molecule has 0 unspecified atom stereocenters. The summed E-state index contributed by atoms with van der Waals surface area (Å²) < 4.78 is 25.3. The Hall–Kier alpha value is -1.23. The van der Waals surface area contributed by atoms with Gasteiger partial charge in [0.15, 0.2) is 0 Å². The summed E-state index contributed by atoms with van der Waals surface area (Å²) in [6, 6.07) is 5.84. The van der Waals surface area contributed by atoms with Gasteiger partial charge in [-0.1, -0.05) is 19.3 Å². The second kappa shape index (κ2) is 4.40. The number of rotatable bonds is 2. The standard InChI is InChI=1S/C14H20N2O2S/c1-19(17,18)16-11-5-6-13-12(9-11)14(10-15-13)7-3-2-4-8-14/h5-6,9,15-16H,2-4,7-8,10H2,1H3. The van der Waals surface area contributed by atoms with Gasteiger partial charge in [-0.2, -0.15) is 0 Å². The molecule has 1 heterocycles. The maximum Gasteiger partial charge on any atom is 0.229 e. The number of anilines is 2. The summed E-state index contributed by atoms with van der Waals surface area (Å²) in [6.07, 6.45) is 7.45. The van der Waals surface area contributed by atoms with Crippen molar-refractivity contribution in [2.24, 2.45) is 0 Å². The molecule has 2 aliphatic rings. The van der Waals surface area contributed by atoms with Crippen molar-refractivity contribution in [3.63, 3.8) is 0 Å². The maximum absolute atomic E-state index is 11.3. The molecule has 0 saturated heterocycles. The van der Waals surface area contributed by atoms with Crippen LogP contribution in [0.15, 0.2) is 18.2 Å². The van der Waals surface area contributed by atoms with E-state index in [1.165, 1.54) is 49.6 Å². The Morgan fingerprint density at radius 2 is 1.95 bits per heavy atom. The maximum atomic E-state index is 11.3. The molecular weight excluding hydrogens is 260 g/mol. The van der Waals surface area contributed by atoms with E-state index < -0.39 is 10.0 Å². The highest BCUT2D eigenvalue weighted by Crippen LogP contribution is 2.47. The average molecular weight is 280 g/mol. The van der Waals surface area contributed by atoms with Crippen molar-refractivity contribution in [1.29, 1.82) is 0 Å². The Morgan fingerprint density at radius 3 is 2.63 bits per heavy atom. The Balaban J connectivity index is 1.97. The second-order valence-corrected chi connectivity index (χ2v) is 7.58. The van der Waals surface area contributed by atoms with Gasteiger partial charge in [-0.25, -0.2) is 8.42 Å². The molecule has 1 aliphatic carbocycles. The minimum Gasteiger partial charge on any atom is -0.384 e. The molecule has 3 rings (SSSR count). The minimum atomic E-state index is -3.21.